The van der Waals surface area contributed by atoms with Crippen molar-refractivity contribution < 1.29 is 9.84 Å². The Hall–Kier alpha value is -1.75. The average molecular weight is 403 g/mol. The summed E-state index contributed by atoms with van der Waals surface area (Å²) in [4.78, 5) is 4.67. The fourth-order valence-corrected chi connectivity index (χ4v) is 3.85. The third-order valence-electron chi connectivity index (χ3n) is 5.26. The van der Waals surface area contributed by atoms with Gasteiger partial charge in [-0.05, 0) is 48.7 Å². The van der Waals surface area contributed by atoms with Crippen LogP contribution in [0.4, 0.5) is 5.69 Å². The minimum atomic E-state index is -0.491. The molecule has 2 aromatic carbocycles. The molecule has 1 aliphatic rings. The van der Waals surface area contributed by atoms with Crippen molar-refractivity contribution in [2.75, 3.05) is 44.2 Å². The maximum absolute atomic E-state index is 10.4. The molecule has 0 spiro atoms. The normalized spacial score (nSPS) is 16.2. The number of hydrogen-bond donors (Lipinski definition) is 1. The van der Waals surface area contributed by atoms with Crippen molar-refractivity contribution in [3.05, 3.63) is 58.6 Å². The number of aryl methyl sites for hydroxylation is 2. The second kappa shape index (κ2) is 10.1. The number of benzene rings is 2. The van der Waals surface area contributed by atoms with Crippen LogP contribution in [0.5, 0.6) is 5.75 Å². The fourth-order valence-electron chi connectivity index (χ4n) is 3.68. The Kier molecular flexibility index (Phi) is 7.60. The fraction of sp³-hybridized carbons (Fsp3) is 0.478. The van der Waals surface area contributed by atoms with Gasteiger partial charge in [0.05, 0.1) is 0 Å². The Labute approximate surface area is 173 Å². The van der Waals surface area contributed by atoms with Gasteiger partial charge in [0.25, 0.3) is 0 Å². The summed E-state index contributed by atoms with van der Waals surface area (Å²) in [7, 11) is 0. The molecule has 0 aliphatic carbocycles. The van der Waals surface area contributed by atoms with Crippen molar-refractivity contribution in [3.63, 3.8) is 0 Å². The third-order valence-corrected chi connectivity index (χ3v) is 5.49. The lowest BCUT2D eigenvalue weighted by Crippen LogP contribution is -2.49. The van der Waals surface area contributed by atoms with E-state index < -0.39 is 6.10 Å². The first-order valence-corrected chi connectivity index (χ1v) is 10.6. The van der Waals surface area contributed by atoms with E-state index in [0.29, 0.717) is 13.2 Å². The maximum Gasteiger partial charge on any atom is 0.119 e. The standard InChI is InChI=1S/C23H31ClN2O2/c1-3-4-19-6-9-22(10-7-19)28-17-21(27)16-25-11-13-26(14-12-25)23-15-20(24)8-5-18(23)2/h5-10,15,21,27H,3-4,11-14,16-17H2,1-2H3/t21-/m0/s1. The van der Waals surface area contributed by atoms with Crippen LogP contribution >= 0.6 is 11.6 Å². The van der Waals surface area contributed by atoms with Gasteiger partial charge >= 0.3 is 0 Å². The molecular formula is C23H31ClN2O2. The summed E-state index contributed by atoms with van der Waals surface area (Å²) < 4.78 is 5.76. The first-order chi connectivity index (χ1) is 13.5. The number of nitrogens with zero attached hydrogens (tertiary/aromatic N) is 2. The molecule has 1 fully saturated rings. The summed E-state index contributed by atoms with van der Waals surface area (Å²) in [6, 6.07) is 14.2. The van der Waals surface area contributed by atoms with Crippen molar-refractivity contribution in [3.8, 4) is 5.75 Å². The number of β-amino-alcohol motifs (C(OH)–C–C–N with tert-alkyl or cyclic N) is 1. The van der Waals surface area contributed by atoms with E-state index in [1.807, 2.05) is 24.3 Å². The lowest BCUT2D eigenvalue weighted by atomic mass is 10.1. The van der Waals surface area contributed by atoms with E-state index >= 15 is 0 Å². The molecule has 0 saturated carbocycles. The van der Waals surface area contributed by atoms with Gasteiger partial charge in [0.15, 0.2) is 0 Å². The van der Waals surface area contributed by atoms with E-state index in [9.17, 15) is 5.11 Å². The summed E-state index contributed by atoms with van der Waals surface area (Å²) in [6.07, 6.45) is 1.74. The highest BCUT2D eigenvalue weighted by molar-refractivity contribution is 6.30. The lowest BCUT2D eigenvalue weighted by Gasteiger charge is -2.37. The summed E-state index contributed by atoms with van der Waals surface area (Å²) in [5.74, 6) is 0.820. The molecule has 2 aromatic rings. The Bertz CT molecular complexity index is 743. The third kappa shape index (κ3) is 5.87. The topological polar surface area (TPSA) is 35.9 Å². The molecule has 1 N–H and O–H groups in total. The average Bonchev–Trinajstić information content (AvgIpc) is 2.70. The highest BCUT2D eigenvalue weighted by atomic mass is 35.5. The number of halogens is 1. The first-order valence-electron chi connectivity index (χ1n) is 10.2. The summed E-state index contributed by atoms with van der Waals surface area (Å²) in [5.41, 5.74) is 3.78. The Morgan fingerprint density at radius 3 is 2.46 bits per heavy atom. The van der Waals surface area contributed by atoms with Crippen LogP contribution in [-0.4, -0.2) is 55.4 Å². The van der Waals surface area contributed by atoms with Crippen LogP contribution < -0.4 is 9.64 Å². The second-order valence-corrected chi connectivity index (χ2v) is 8.01. The number of anilines is 1. The molecule has 0 amide bonds. The lowest BCUT2D eigenvalue weighted by molar-refractivity contribution is 0.0663. The Morgan fingerprint density at radius 1 is 1.07 bits per heavy atom. The van der Waals surface area contributed by atoms with Crippen molar-refractivity contribution in [2.24, 2.45) is 0 Å². The predicted molar refractivity (Wildman–Crippen MR) is 117 cm³/mol. The van der Waals surface area contributed by atoms with Gasteiger partial charge in [-0.15, -0.1) is 0 Å². The van der Waals surface area contributed by atoms with Crippen molar-refractivity contribution in [1.29, 1.82) is 0 Å². The van der Waals surface area contributed by atoms with Gasteiger partial charge in [0, 0.05) is 43.4 Å². The van der Waals surface area contributed by atoms with Crippen LogP contribution in [0.25, 0.3) is 0 Å². The molecule has 0 unspecified atom stereocenters. The number of hydrogen-bond acceptors (Lipinski definition) is 4. The van der Waals surface area contributed by atoms with Crippen LogP contribution in [0.2, 0.25) is 5.02 Å². The minimum absolute atomic E-state index is 0.320. The first kappa shape index (κ1) is 21.0. The Balaban J connectivity index is 1.42. The number of aliphatic hydroxyl groups is 1. The number of aliphatic hydroxyl groups excluding tert-OH is 1. The SMILES string of the molecule is CCCc1ccc(OC[C@@H](O)CN2CCN(c3cc(Cl)ccc3C)CC2)cc1. The molecule has 0 radical (unpaired) electrons. The zero-order valence-electron chi connectivity index (χ0n) is 16.9. The molecule has 1 aliphatic heterocycles. The zero-order valence-corrected chi connectivity index (χ0v) is 17.7. The molecule has 0 bridgehead atoms. The molecule has 28 heavy (non-hydrogen) atoms. The van der Waals surface area contributed by atoms with Gasteiger partial charge in [-0.1, -0.05) is 43.1 Å². The summed E-state index contributed by atoms with van der Waals surface area (Å²) >= 11 is 6.16. The second-order valence-electron chi connectivity index (χ2n) is 7.58. The quantitative estimate of drug-likeness (QED) is 0.719. The van der Waals surface area contributed by atoms with Crippen LogP contribution in [0.3, 0.4) is 0 Å². The molecule has 4 nitrogen and oxygen atoms in total. The van der Waals surface area contributed by atoms with Crippen LogP contribution in [0.15, 0.2) is 42.5 Å². The van der Waals surface area contributed by atoms with E-state index in [0.717, 1.165) is 49.8 Å². The predicted octanol–water partition coefficient (Wildman–Crippen LogP) is 4.16. The largest absolute Gasteiger partial charge is 0.491 e. The molecule has 5 heteroatoms. The maximum atomic E-state index is 10.4. The molecule has 1 atom stereocenters. The van der Waals surface area contributed by atoms with Gasteiger partial charge in [-0.2, -0.15) is 0 Å². The monoisotopic (exact) mass is 402 g/mol. The van der Waals surface area contributed by atoms with Gasteiger partial charge < -0.3 is 14.7 Å². The highest BCUT2D eigenvalue weighted by Crippen LogP contribution is 2.25. The van der Waals surface area contributed by atoms with Crippen molar-refractivity contribution >= 4 is 17.3 Å². The van der Waals surface area contributed by atoms with Crippen LogP contribution in [0.1, 0.15) is 24.5 Å². The Morgan fingerprint density at radius 2 is 1.79 bits per heavy atom. The number of ether oxygens (including phenoxy) is 1. The minimum Gasteiger partial charge on any atom is -0.491 e. The molecular weight excluding hydrogens is 372 g/mol. The van der Waals surface area contributed by atoms with Crippen LogP contribution in [0, 0.1) is 6.92 Å². The van der Waals surface area contributed by atoms with E-state index in [1.165, 1.54) is 16.8 Å². The smallest absolute Gasteiger partial charge is 0.119 e. The van der Waals surface area contributed by atoms with Gasteiger partial charge in [-0.25, -0.2) is 0 Å². The molecule has 1 heterocycles. The van der Waals surface area contributed by atoms with E-state index in [-0.39, 0.29) is 0 Å². The number of rotatable bonds is 8. The van der Waals surface area contributed by atoms with E-state index in [4.69, 9.17) is 16.3 Å². The number of piperazine rings is 1. The van der Waals surface area contributed by atoms with Gasteiger partial charge in [-0.3, -0.25) is 4.90 Å². The van der Waals surface area contributed by atoms with Gasteiger partial charge in [0.2, 0.25) is 0 Å². The molecule has 1 saturated heterocycles. The highest BCUT2D eigenvalue weighted by Gasteiger charge is 2.20. The molecule has 152 valence electrons. The van der Waals surface area contributed by atoms with E-state index in [2.05, 4.69) is 41.8 Å². The molecule has 0 aromatic heterocycles. The summed E-state index contributed by atoms with van der Waals surface area (Å²) in [5, 5.41) is 11.1. The zero-order chi connectivity index (χ0) is 19.9. The van der Waals surface area contributed by atoms with E-state index in [1.54, 1.807) is 0 Å². The van der Waals surface area contributed by atoms with Crippen molar-refractivity contribution in [2.45, 2.75) is 32.8 Å². The van der Waals surface area contributed by atoms with Crippen LogP contribution in [-0.2, 0) is 6.42 Å². The van der Waals surface area contributed by atoms with Crippen molar-refractivity contribution in [1.82, 2.24) is 4.90 Å². The summed E-state index contributed by atoms with van der Waals surface area (Å²) in [6.45, 7) is 8.98. The van der Waals surface area contributed by atoms with Gasteiger partial charge in [0.1, 0.15) is 18.5 Å². The molecule has 3 rings (SSSR count).